The Labute approximate surface area is 98.5 Å². The van der Waals surface area contributed by atoms with Gasteiger partial charge in [-0.15, -0.1) is 0 Å². The lowest BCUT2D eigenvalue weighted by molar-refractivity contribution is 1.34. The summed E-state index contributed by atoms with van der Waals surface area (Å²) in [5.74, 6) is 0. The van der Waals surface area contributed by atoms with Crippen molar-refractivity contribution in [3.05, 3.63) is 48.8 Å². The molecule has 4 N–H and O–H groups in total. The molecule has 17 heavy (non-hydrogen) atoms. The lowest BCUT2D eigenvalue weighted by Gasteiger charge is -2.08. The Morgan fingerprint density at radius 3 is 2.88 bits per heavy atom. The molecule has 0 amide bonds. The lowest BCUT2D eigenvalue weighted by Crippen LogP contribution is -1.95. The number of nitrogens with zero attached hydrogens (tertiary/aromatic N) is 1. The van der Waals surface area contributed by atoms with Crippen LogP contribution >= 0.6 is 0 Å². The number of hydrogen-bond acceptors (Lipinski definition) is 3. The number of nitrogen functional groups attached to an aromatic ring is 1. The average molecular weight is 224 g/mol. The van der Waals surface area contributed by atoms with E-state index < -0.39 is 0 Å². The highest BCUT2D eigenvalue weighted by atomic mass is 14.9. The number of nitrogens with two attached hydrogens (primary N) is 1. The summed E-state index contributed by atoms with van der Waals surface area (Å²) in [6.07, 6.45) is 1.69. The number of hydrogen-bond donors (Lipinski definition) is 3. The van der Waals surface area contributed by atoms with Crippen molar-refractivity contribution in [2.24, 2.45) is 0 Å². The summed E-state index contributed by atoms with van der Waals surface area (Å²) in [7, 11) is 0. The quantitative estimate of drug-likeness (QED) is 0.586. The van der Waals surface area contributed by atoms with Crippen molar-refractivity contribution in [3.8, 4) is 0 Å². The summed E-state index contributed by atoms with van der Waals surface area (Å²) in [6, 6.07) is 13.6. The van der Waals surface area contributed by atoms with E-state index >= 15 is 0 Å². The molecule has 0 spiro atoms. The van der Waals surface area contributed by atoms with Gasteiger partial charge >= 0.3 is 0 Å². The summed E-state index contributed by atoms with van der Waals surface area (Å²) >= 11 is 0. The molecule has 1 aromatic heterocycles. The maximum absolute atomic E-state index is 5.88. The van der Waals surface area contributed by atoms with Crippen molar-refractivity contribution in [2.75, 3.05) is 11.1 Å². The molecule has 0 bridgehead atoms. The molecule has 4 heteroatoms. The molecule has 1 heterocycles. The molecule has 0 aliphatic heterocycles. The van der Waals surface area contributed by atoms with Gasteiger partial charge in [0.1, 0.15) is 0 Å². The fourth-order valence-corrected chi connectivity index (χ4v) is 1.78. The third kappa shape index (κ3) is 1.80. The molecule has 3 aromatic rings. The summed E-state index contributed by atoms with van der Waals surface area (Å²) in [5.41, 5.74) is 10.5. The average Bonchev–Trinajstić information content (AvgIpc) is 2.79. The van der Waals surface area contributed by atoms with Gasteiger partial charge in [0.05, 0.1) is 28.7 Å². The minimum atomic E-state index is 0.734. The molecular formula is C13H12N4. The van der Waals surface area contributed by atoms with Crippen molar-refractivity contribution >= 4 is 28.1 Å². The van der Waals surface area contributed by atoms with Crippen LogP contribution in [-0.2, 0) is 0 Å². The largest absolute Gasteiger partial charge is 0.397 e. The van der Waals surface area contributed by atoms with Crippen molar-refractivity contribution in [1.29, 1.82) is 0 Å². The molecule has 2 aromatic carbocycles. The van der Waals surface area contributed by atoms with E-state index in [1.54, 1.807) is 6.33 Å². The first-order valence-electron chi connectivity index (χ1n) is 5.37. The molecule has 84 valence electrons. The zero-order chi connectivity index (χ0) is 11.7. The molecule has 0 radical (unpaired) electrons. The zero-order valence-corrected chi connectivity index (χ0v) is 9.14. The predicted molar refractivity (Wildman–Crippen MR) is 70.2 cm³/mol. The van der Waals surface area contributed by atoms with Crippen LogP contribution in [0.1, 0.15) is 0 Å². The SMILES string of the molecule is Nc1ccccc1Nc1ccc2nc[nH]c2c1. The van der Waals surface area contributed by atoms with Crippen LogP contribution in [-0.4, -0.2) is 9.97 Å². The minimum Gasteiger partial charge on any atom is -0.397 e. The number of H-pyrrole nitrogens is 1. The standard InChI is InChI=1S/C13H12N4/c14-10-3-1-2-4-11(10)17-9-5-6-12-13(7-9)16-8-15-12/h1-8,17H,14H2,(H,15,16). The van der Waals surface area contributed by atoms with Crippen molar-refractivity contribution in [2.45, 2.75) is 0 Å². The van der Waals surface area contributed by atoms with E-state index in [-0.39, 0.29) is 0 Å². The zero-order valence-electron chi connectivity index (χ0n) is 9.14. The molecular weight excluding hydrogens is 212 g/mol. The van der Waals surface area contributed by atoms with E-state index in [1.165, 1.54) is 0 Å². The van der Waals surface area contributed by atoms with Gasteiger partial charge in [0.25, 0.3) is 0 Å². The number of para-hydroxylation sites is 2. The first-order valence-corrected chi connectivity index (χ1v) is 5.37. The Bertz CT molecular complexity index is 657. The van der Waals surface area contributed by atoms with Crippen LogP contribution < -0.4 is 11.1 Å². The van der Waals surface area contributed by atoms with E-state index in [1.807, 2.05) is 42.5 Å². The fraction of sp³-hybridized carbons (Fsp3) is 0. The lowest BCUT2D eigenvalue weighted by atomic mass is 10.2. The number of aromatic nitrogens is 2. The Morgan fingerprint density at radius 1 is 1.12 bits per heavy atom. The first-order chi connectivity index (χ1) is 8.33. The number of nitrogens with one attached hydrogen (secondary N) is 2. The molecule has 0 aliphatic rings. The van der Waals surface area contributed by atoms with Crippen molar-refractivity contribution in [1.82, 2.24) is 9.97 Å². The van der Waals surface area contributed by atoms with E-state index in [0.717, 1.165) is 28.1 Å². The molecule has 0 saturated carbocycles. The van der Waals surface area contributed by atoms with Crippen LogP contribution in [0.3, 0.4) is 0 Å². The number of fused-ring (bicyclic) bond motifs is 1. The number of anilines is 3. The van der Waals surface area contributed by atoms with Gasteiger partial charge in [0, 0.05) is 5.69 Å². The highest BCUT2D eigenvalue weighted by molar-refractivity contribution is 5.81. The van der Waals surface area contributed by atoms with Gasteiger partial charge in [0.15, 0.2) is 0 Å². The summed E-state index contributed by atoms with van der Waals surface area (Å²) in [4.78, 5) is 7.25. The summed E-state index contributed by atoms with van der Waals surface area (Å²) in [6.45, 7) is 0. The third-order valence-electron chi connectivity index (χ3n) is 2.66. The van der Waals surface area contributed by atoms with Gasteiger partial charge in [-0.2, -0.15) is 0 Å². The third-order valence-corrected chi connectivity index (χ3v) is 2.66. The fourth-order valence-electron chi connectivity index (χ4n) is 1.78. The van der Waals surface area contributed by atoms with E-state index in [4.69, 9.17) is 5.73 Å². The van der Waals surface area contributed by atoms with E-state index in [9.17, 15) is 0 Å². The van der Waals surface area contributed by atoms with E-state index in [0.29, 0.717) is 0 Å². The molecule has 0 aliphatic carbocycles. The van der Waals surface area contributed by atoms with Crippen LogP contribution in [0.2, 0.25) is 0 Å². The maximum Gasteiger partial charge on any atom is 0.0931 e. The van der Waals surface area contributed by atoms with Crippen molar-refractivity contribution in [3.63, 3.8) is 0 Å². The van der Waals surface area contributed by atoms with Gasteiger partial charge in [-0.25, -0.2) is 4.98 Å². The number of benzene rings is 2. The molecule has 0 saturated heterocycles. The van der Waals surface area contributed by atoms with Gasteiger partial charge < -0.3 is 16.0 Å². The summed E-state index contributed by atoms with van der Waals surface area (Å²) < 4.78 is 0. The van der Waals surface area contributed by atoms with Gasteiger partial charge in [-0.1, -0.05) is 12.1 Å². The van der Waals surface area contributed by atoms with Crippen LogP contribution in [0, 0.1) is 0 Å². The second kappa shape index (κ2) is 3.83. The smallest absolute Gasteiger partial charge is 0.0931 e. The van der Waals surface area contributed by atoms with Crippen LogP contribution in [0.5, 0.6) is 0 Å². The van der Waals surface area contributed by atoms with Crippen LogP contribution in [0.25, 0.3) is 11.0 Å². The van der Waals surface area contributed by atoms with Crippen LogP contribution in [0.4, 0.5) is 17.1 Å². The summed E-state index contributed by atoms with van der Waals surface area (Å²) in [5, 5.41) is 3.28. The molecule has 0 fully saturated rings. The Morgan fingerprint density at radius 2 is 2.00 bits per heavy atom. The van der Waals surface area contributed by atoms with Crippen LogP contribution in [0.15, 0.2) is 48.8 Å². The first kappa shape index (κ1) is 9.72. The maximum atomic E-state index is 5.88. The molecule has 4 nitrogen and oxygen atoms in total. The number of imidazole rings is 1. The number of aromatic amines is 1. The van der Waals surface area contributed by atoms with Gasteiger partial charge in [-0.05, 0) is 30.3 Å². The topological polar surface area (TPSA) is 66.7 Å². The molecule has 0 atom stereocenters. The van der Waals surface area contributed by atoms with Gasteiger partial charge in [0.2, 0.25) is 0 Å². The minimum absolute atomic E-state index is 0.734. The molecule has 0 unspecified atom stereocenters. The highest BCUT2D eigenvalue weighted by Gasteiger charge is 2.00. The Balaban J connectivity index is 1.97. The van der Waals surface area contributed by atoms with E-state index in [2.05, 4.69) is 15.3 Å². The molecule has 3 rings (SSSR count). The Hall–Kier alpha value is -2.49. The second-order valence-corrected chi connectivity index (χ2v) is 3.85. The van der Waals surface area contributed by atoms with Gasteiger partial charge in [-0.3, -0.25) is 0 Å². The van der Waals surface area contributed by atoms with Crippen molar-refractivity contribution < 1.29 is 0 Å². The second-order valence-electron chi connectivity index (χ2n) is 3.85. The predicted octanol–water partition coefficient (Wildman–Crippen LogP) is 2.89. The number of rotatable bonds is 2. The Kier molecular flexibility index (Phi) is 2.19. The normalized spacial score (nSPS) is 10.6. The monoisotopic (exact) mass is 224 g/mol. The highest BCUT2D eigenvalue weighted by Crippen LogP contribution is 2.24.